The third kappa shape index (κ3) is 1.23. The molecule has 3 atom stereocenters. The summed E-state index contributed by atoms with van der Waals surface area (Å²) >= 11 is 0. The monoisotopic (exact) mass is 301 g/mol. The maximum absolute atomic E-state index is 10.5. The van der Waals surface area contributed by atoms with Crippen LogP contribution in [0.1, 0.15) is 24.0 Å². The molecular weight excluding hydrogens is 282 g/mol. The molecule has 116 valence electrons. The number of rotatable bonds is 0. The average Bonchev–Trinajstić information content (AvgIpc) is 2.83. The van der Waals surface area contributed by atoms with Gasteiger partial charge in [-0.25, -0.2) is 0 Å². The summed E-state index contributed by atoms with van der Waals surface area (Å²) in [7, 11) is 2.12. The molecule has 5 nitrogen and oxygen atoms in total. The van der Waals surface area contributed by atoms with E-state index < -0.39 is 17.3 Å². The Bertz CT molecular complexity index is 726. The summed E-state index contributed by atoms with van der Waals surface area (Å²) in [6.07, 6.45) is 3.08. The molecule has 2 bridgehead atoms. The first-order valence-corrected chi connectivity index (χ1v) is 7.82. The van der Waals surface area contributed by atoms with Crippen LogP contribution in [0.25, 0.3) is 0 Å². The zero-order valence-corrected chi connectivity index (χ0v) is 12.4. The van der Waals surface area contributed by atoms with Crippen molar-refractivity contribution in [3.63, 3.8) is 0 Å². The zero-order valence-electron chi connectivity index (χ0n) is 12.4. The van der Waals surface area contributed by atoms with E-state index in [0.29, 0.717) is 5.75 Å². The number of likely N-dealkylation sites (tertiary alicyclic amines) is 1. The summed E-state index contributed by atoms with van der Waals surface area (Å²) in [6.45, 7) is 0.881. The second-order valence-corrected chi connectivity index (χ2v) is 7.11. The molecule has 0 radical (unpaired) electrons. The van der Waals surface area contributed by atoms with Crippen molar-refractivity contribution in [3.05, 3.63) is 34.9 Å². The average molecular weight is 301 g/mol. The van der Waals surface area contributed by atoms with Crippen molar-refractivity contribution >= 4 is 0 Å². The first-order valence-electron chi connectivity index (χ1n) is 7.82. The minimum absolute atomic E-state index is 0.0926. The Balaban J connectivity index is 1.87. The molecule has 2 aliphatic carbocycles. The van der Waals surface area contributed by atoms with Crippen molar-refractivity contribution in [1.29, 1.82) is 0 Å². The van der Waals surface area contributed by atoms with Gasteiger partial charge in [-0.05, 0) is 43.6 Å². The number of hydrogen-bond acceptors (Lipinski definition) is 5. The lowest BCUT2D eigenvalue weighted by Gasteiger charge is -2.55. The van der Waals surface area contributed by atoms with Gasteiger partial charge < -0.3 is 20.1 Å². The minimum Gasteiger partial charge on any atom is -0.504 e. The number of aliphatic hydroxyl groups is 2. The van der Waals surface area contributed by atoms with Crippen molar-refractivity contribution < 1.29 is 20.1 Å². The second-order valence-electron chi connectivity index (χ2n) is 7.11. The first kappa shape index (κ1) is 12.9. The highest BCUT2D eigenvalue weighted by atomic mass is 16.6. The molecule has 5 rings (SSSR count). The lowest BCUT2D eigenvalue weighted by molar-refractivity contribution is -0.230. The van der Waals surface area contributed by atoms with E-state index in [1.807, 2.05) is 12.1 Å². The van der Waals surface area contributed by atoms with Crippen LogP contribution in [0.15, 0.2) is 23.8 Å². The maximum Gasteiger partial charge on any atom is 0.205 e. The van der Waals surface area contributed by atoms with Gasteiger partial charge in [0.25, 0.3) is 0 Å². The van der Waals surface area contributed by atoms with E-state index >= 15 is 0 Å². The highest BCUT2D eigenvalue weighted by Crippen LogP contribution is 2.63. The molecule has 0 aromatic heterocycles. The molecule has 1 aromatic carbocycles. The Labute approximate surface area is 128 Å². The van der Waals surface area contributed by atoms with Crippen LogP contribution in [0, 0.1) is 0 Å². The summed E-state index contributed by atoms with van der Waals surface area (Å²) in [4.78, 5) is 2.34. The Morgan fingerprint density at radius 1 is 1.32 bits per heavy atom. The van der Waals surface area contributed by atoms with Crippen molar-refractivity contribution in [3.8, 4) is 11.5 Å². The van der Waals surface area contributed by atoms with Gasteiger partial charge in [0.15, 0.2) is 17.6 Å². The number of piperidine rings is 1. The van der Waals surface area contributed by atoms with E-state index in [4.69, 9.17) is 4.74 Å². The SMILES string of the molecule is CN1CC[C@@]23C4=CCC(O)(O)[C@@H]2Oc2c(O)ccc(c23)C[C@H]41. The van der Waals surface area contributed by atoms with E-state index in [2.05, 4.69) is 11.9 Å². The molecule has 1 saturated heterocycles. The minimum atomic E-state index is -1.90. The smallest absolute Gasteiger partial charge is 0.205 e. The van der Waals surface area contributed by atoms with Gasteiger partial charge in [-0.2, -0.15) is 0 Å². The topological polar surface area (TPSA) is 73.2 Å². The fourth-order valence-corrected chi connectivity index (χ4v) is 5.13. The Morgan fingerprint density at radius 2 is 2.14 bits per heavy atom. The van der Waals surface area contributed by atoms with Gasteiger partial charge in [-0.15, -0.1) is 0 Å². The maximum atomic E-state index is 10.5. The van der Waals surface area contributed by atoms with Gasteiger partial charge >= 0.3 is 0 Å². The number of nitrogens with zero attached hydrogens (tertiary/aromatic N) is 1. The van der Waals surface area contributed by atoms with Gasteiger partial charge in [0, 0.05) is 18.0 Å². The van der Waals surface area contributed by atoms with E-state index in [9.17, 15) is 15.3 Å². The Morgan fingerprint density at radius 3 is 2.95 bits per heavy atom. The van der Waals surface area contributed by atoms with E-state index in [1.54, 1.807) is 6.07 Å². The van der Waals surface area contributed by atoms with Crippen LogP contribution in [0.2, 0.25) is 0 Å². The number of phenols is 1. The van der Waals surface area contributed by atoms with Crippen molar-refractivity contribution in [2.24, 2.45) is 0 Å². The number of benzene rings is 1. The van der Waals surface area contributed by atoms with Crippen molar-refractivity contribution in [2.75, 3.05) is 13.6 Å². The summed E-state index contributed by atoms with van der Waals surface area (Å²) in [6, 6.07) is 3.89. The molecular formula is C17H19NO4. The van der Waals surface area contributed by atoms with Crippen molar-refractivity contribution in [1.82, 2.24) is 4.90 Å². The van der Waals surface area contributed by atoms with E-state index in [0.717, 1.165) is 30.5 Å². The highest BCUT2D eigenvalue weighted by Gasteiger charge is 2.66. The van der Waals surface area contributed by atoms with Crippen LogP contribution < -0.4 is 4.74 Å². The Hall–Kier alpha value is -1.56. The lowest BCUT2D eigenvalue weighted by Crippen LogP contribution is -2.65. The fourth-order valence-electron chi connectivity index (χ4n) is 5.13. The molecule has 0 unspecified atom stereocenters. The van der Waals surface area contributed by atoms with Crippen LogP contribution >= 0.6 is 0 Å². The van der Waals surface area contributed by atoms with Crippen LogP contribution in [-0.2, 0) is 11.8 Å². The van der Waals surface area contributed by atoms with Crippen LogP contribution in [0.3, 0.4) is 0 Å². The predicted molar refractivity (Wildman–Crippen MR) is 78.8 cm³/mol. The first-order chi connectivity index (χ1) is 10.4. The number of likely N-dealkylation sites (N-methyl/N-ethyl adjacent to an activating group) is 1. The van der Waals surface area contributed by atoms with Gasteiger partial charge in [0.1, 0.15) is 0 Å². The van der Waals surface area contributed by atoms with Gasteiger partial charge in [0.05, 0.1) is 5.41 Å². The third-order valence-electron chi connectivity index (χ3n) is 6.07. The molecule has 0 amide bonds. The number of ether oxygens (including phenoxy) is 1. The van der Waals surface area contributed by atoms with Gasteiger partial charge in [0.2, 0.25) is 5.79 Å². The molecule has 4 aliphatic rings. The highest BCUT2D eigenvalue weighted by molar-refractivity contribution is 5.65. The normalized spacial score (nSPS) is 37.3. The summed E-state index contributed by atoms with van der Waals surface area (Å²) in [5.74, 6) is -1.36. The molecule has 2 aliphatic heterocycles. The lowest BCUT2D eigenvalue weighted by atomic mass is 9.55. The molecule has 1 spiro atoms. The summed E-state index contributed by atoms with van der Waals surface area (Å²) < 4.78 is 5.95. The zero-order chi connectivity index (χ0) is 15.3. The Kier molecular flexibility index (Phi) is 2.16. The summed E-state index contributed by atoms with van der Waals surface area (Å²) in [5, 5.41) is 31.2. The second kappa shape index (κ2) is 3.67. The summed E-state index contributed by atoms with van der Waals surface area (Å²) in [5.41, 5.74) is 2.88. The van der Waals surface area contributed by atoms with Gasteiger partial charge in [-0.1, -0.05) is 12.1 Å². The van der Waals surface area contributed by atoms with Gasteiger partial charge in [-0.3, -0.25) is 4.90 Å². The number of phenolic OH excluding ortho intramolecular Hbond substituents is 1. The number of aromatic hydroxyl groups is 1. The third-order valence-corrected chi connectivity index (χ3v) is 6.07. The fraction of sp³-hybridized carbons (Fsp3) is 0.529. The molecule has 3 N–H and O–H groups in total. The molecule has 0 saturated carbocycles. The van der Waals surface area contributed by atoms with E-state index in [1.165, 1.54) is 5.57 Å². The molecule has 1 fully saturated rings. The molecule has 22 heavy (non-hydrogen) atoms. The van der Waals surface area contributed by atoms with Crippen LogP contribution in [-0.4, -0.2) is 51.7 Å². The van der Waals surface area contributed by atoms with Crippen LogP contribution in [0.5, 0.6) is 11.5 Å². The van der Waals surface area contributed by atoms with Crippen molar-refractivity contribution in [2.45, 2.75) is 42.6 Å². The molecule has 2 heterocycles. The predicted octanol–water partition coefficient (Wildman–Crippen LogP) is 0.662. The number of hydrogen-bond donors (Lipinski definition) is 3. The molecule has 1 aromatic rings. The standard InChI is InChI=1S/C17H19NO4/c1-18-7-6-16-10-4-5-17(20,21)15(16)22-14-12(19)3-2-9(13(14)16)8-11(10)18/h2-4,11,15,19-21H,5-8H2,1H3/t11-,15-,16+/m1/s1. The quantitative estimate of drug-likeness (QED) is 0.485. The van der Waals surface area contributed by atoms with Crippen LogP contribution in [0.4, 0.5) is 0 Å². The van der Waals surface area contributed by atoms with E-state index in [-0.39, 0.29) is 18.2 Å². The largest absolute Gasteiger partial charge is 0.504 e. The molecule has 5 heteroatoms.